The Morgan fingerprint density at radius 1 is 1.06 bits per heavy atom. The Bertz CT molecular complexity index is 538. The van der Waals surface area contributed by atoms with Crippen LogP contribution in [0.25, 0.3) is 11.1 Å². The van der Waals surface area contributed by atoms with Crippen molar-refractivity contribution >= 4 is 17.6 Å². The highest BCUT2D eigenvalue weighted by atomic mass is 35.5. The number of halogens is 1. The summed E-state index contributed by atoms with van der Waals surface area (Å²) in [6.45, 7) is 0. The molecule has 0 spiro atoms. The van der Waals surface area contributed by atoms with Crippen LogP contribution in [0, 0.1) is 0 Å². The first-order chi connectivity index (χ1) is 8.24. The van der Waals surface area contributed by atoms with Gasteiger partial charge in [0.1, 0.15) is 0 Å². The molecule has 0 heterocycles. The van der Waals surface area contributed by atoms with E-state index in [0.717, 1.165) is 5.56 Å². The van der Waals surface area contributed by atoms with E-state index in [0.29, 0.717) is 10.6 Å². The van der Waals surface area contributed by atoms with Crippen molar-refractivity contribution in [2.75, 3.05) is 0 Å². The molecule has 0 unspecified atom stereocenters. The van der Waals surface area contributed by atoms with E-state index < -0.39 is 5.97 Å². The van der Waals surface area contributed by atoms with Crippen molar-refractivity contribution in [2.45, 2.75) is 0 Å². The Hall–Kier alpha value is -1.84. The molecule has 17 heavy (non-hydrogen) atoms. The van der Waals surface area contributed by atoms with Crippen LogP contribution in [-0.4, -0.2) is 11.2 Å². The van der Waals surface area contributed by atoms with Gasteiger partial charge >= 0.3 is 5.97 Å². The molecule has 86 valence electrons. The standard InChI is InChI=1S/C13H9ClO3/c14-11-8-4-7-10(13(15)17-16)12(11)9-5-2-1-3-6-9/h1-8,16H. The summed E-state index contributed by atoms with van der Waals surface area (Å²) in [5.74, 6) is -0.827. The number of carbonyl (C=O) groups excluding carboxylic acids is 1. The molecule has 0 saturated carbocycles. The van der Waals surface area contributed by atoms with Gasteiger partial charge in [-0.3, -0.25) is 4.89 Å². The number of hydrogen-bond donors (Lipinski definition) is 1. The molecule has 0 aliphatic carbocycles. The summed E-state index contributed by atoms with van der Waals surface area (Å²) in [5, 5.41) is 8.89. The molecule has 0 aromatic heterocycles. The van der Waals surface area contributed by atoms with Crippen LogP contribution in [0.1, 0.15) is 10.4 Å². The van der Waals surface area contributed by atoms with Crippen molar-refractivity contribution in [3.8, 4) is 11.1 Å². The molecular formula is C13H9ClO3. The molecule has 4 heteroatoms. The molecule has 0 amide bonds. The monoisotopic (exact) mass is 248 g/mol. The normalized spacial score (nSPS) is 10.0. The number of benzene rings is 2. The predicted molar refractivity (Wildman–Crippen MR) is 64.9 cm³/mol. The van der Waals surface area contributed by atoms with Crippen LogP contribution in [0.4, 0.5) is 0 Å². The fraction of sp³-hybridized carbons (Fsp3) is 0. The number of carbonyl (C=O) groups is 1. The van der Waals surface area contributed by atoms with Crippen molar-refractivity contribution < 1.29 is 14.9 Å². The van der Waals surface area contributed by atoms with Crippen molar-refractivity contribution in [2.24, 2.45) is 0 Å². The second-order valence-electron chi connectivity index (χ2n) is 3.41. The minimum absolute atomic E-state index is 0.228. The molecule has 0 aliphatic heterocycles. The van der Waals surface area contributed by atoms with E-state index in [1.54, 1.807) is 18.2 Å². The Balaban J connectivity index is 2.64. The van der Waals surface area contributed by atoms with E-state index in [2.05, 4.69) is 4.89 Å². The molecule has 0 aliphatic rings. The highest BCUT2D eigenvalue weighted by Crippen LogP contribution is 2.31. The van der Waals surface area contributed by atoms with Crippen LogP contribution in [0.2, 0.25) is 5.02 Å². The van der Waals surface area contributed by atoms with Gasteiger partial charge in [0, 0.05) is 10.6 Å². The van der Waals surface area contributed by atoms with E-state index in [9.17, 15) is 4.79 Å². The molecular weight excluding hydrogens is 240 g/mol. The Labute approximate surface area is 103 Å². The lowest BCUT2D eigenvalue weighted by atomic mass is 10.00. The number of hydrogen-bond acceptors (Lipinski definition) is 3. The third-order valence-electron chi connectivity index (χ3n) is 2.38. The largest absolute Gasteiger partial charge is 0.373 e. The first kappa shape index (κ1) is 11.6. The van der Waals surface area contributed by atoms with E-state index in [4.69, 9.17) is 16.9 Å². The SMILES string of the molecule is O=C(OO)c1cccc(Cl)c1-c1ccccc1. The van der Waals surface area contributed by atoms with E-state index in [1.165, 1.54) is 0 Å². The van der Waals surface area contributed by atoms with Gasteiger partial charge in [-0.15, -0.1) is 0 Å². The van der Waals surface area contributed by atoms with Gasteiger partial charge in [-0.05, 0) is 17.7 Å². The highest BCUT2D eigenvalue weighted by molar-refractivity contribution is 6.34. The Morgan fingerprint density at radius 2 is 1.76 bits per heavy atom. The predicted octanol–water partition coefficient (Wildman–Crippen LogP) is 3.64. The van der Waals surface area contributed by atoms with Gasteiger partial charge < -0.3 is 0 Å². The van der Waals surface area contributed by atoms with E-state index in [-0.39, 0.29) is 5.56 Å². The van der Waals surface area contributed by atoms with Crippen LogP contribution in [0.15, 0.2) is 48.5 Å². The van der Waals surface area contributed by atoms with Crippen molar-refractivity contribution in [3.63, 3.8) is 0 Å². The molecule has 2 aromatic carbocycles. The van der Waals surface area contributed by atoms with Crippen molar-refractivity contribution in [1.29, 1.82) is 0 Å². The van der Waals surface area contributed by atoms with Gasteiger partial charge in [-0.1, -0.05) is 48.0 Å². The zero-order chi connectivity index (χ0) is 12.3. The van der Waals surface area contributed by atoms with Crippen molar-refractivity contribution in [3.05, 3.63) is 59.1 Å². The van der Waals surface area contributed by atoms with E-state index >= 15 is 0 Å². The molecule has 1 N–H and O–H groups in total. The van der Waals surface area contributed by atoms with Crippen molar-refractivity contribution in [1.82, 2.24) is 0 Å². The molecule has 0 fully saturated rings. The molecule has 2 aromatic rings. The van der Waals surface area contributed by atoms with Crippen LogP contribution in [0.5, 0.6) is 0 Å². The van der Waals surface area contributed by atoms with Gasteiger partial charge in [-0.25, -0.2) is 4.79 Å². The second-order valence-corrected chi connectivity index (χ2v) is 3.81. The zero-order valence-corrected chi connectivity index (χ0v) is 9.52. The summed E-state index contributed by atoms with van der Waals surface area (Å²) in [5.41, 5.74) is 1.57. The second kappa shape index (κ2) is 4.99. The maximum absolute atomic E-state index is 11.4. The maximum Gasteiger partial charge on any atom is 0.373 e. The average Bonchev–Trinajstić information content (AvgIpc) is 2.38. The fourth-order valence-electron chi connectivity index (χ4n) is 1.64. The molecule has 2 rings (SSSR count). The first-order valence-electron chi connectivity index (χ1n) is 4.93. The summed E-state index contributed by atoms with van der Waals surface area (Å²) in [4.78, 5) is 15.2. The summed E-state index contributed by atoms with van der Waals surface area (Å²) in [6, 6.07) is 14.1. The summed E-state index contributed by atoms with van der Waals surface area (Å²) < 4.78 is 0. The summed E-state index contributed by atoms with van der Waals surface area (Å²) >= 11 is 6.08. The topological polar surface area (TPSA) is 46.5 Å². The molecule has 0 bridgehead atoms. The van der Waals surface area contributed by atoms with Crippen LogP contribution in [-0.2, 0) is 4.89 Å². The van der Waals surface area contributed by atoms with Gasteiger partial charge in [0.25, 0.3) is 0 Å². The number of rotatable bonds is 2. The molecule has 3 nitrogen and oxygen atoms in total. The van der Waals surface area contributed by atoms with Crippen LogP contribution < -0.4 is 0 Å². The lowest BCUT2D eigenvalue weighted by molar-refractivity contribution is -0.182. The molecule has 0 saturated heterocycles. The summed E-state index contributed by atoms with van der Waals surface area (Å²) in [7, 11) is 0. The third kappa shape index (κ3) is 2.30. The molecule has 0 radical (unpaired) electrons. The van der Waals surface area contributed by atoms with Gasteiger partial charge in [0.15, 0.2) is 0 Å². The zero-order valence-electron chi connectivity index (χ0n) is 8.76. The third-order valence-corrected chi connectivity index (χ3v) is 2.69. The van der Waals surface area contributed by atoms with Crippen LogP contribution >= 0.6 is 11.6 Å². The summed E-state index contributed by atoms with van der Waals surface area (Å²) in [6.07, 6.45) is 0. The minimum atomic E-state index is -0.827. The molecule has 0 atom stereocenters. The lowest BCUT2D eigenvalue weighted by Crippen LogP contribution is -2.04. The average molecular weight is 249 g/mol. The minimum Gasteiger partial charge on any atom is -0.295 e. The Kier molecular flexibility index (Phi) is 3.42. The first-order valence-corrected chi connectivity index (χ1v) is 5.31. The van der Waals surface area contributed by atoms with Crippen LogP contribution in [0.3, 0.4) is 0 Å². The smallest absolute Gasteiger partial charge is 0.295 e. The van der Waals surface area contributed by atoms with Gasteiger partial charge in [0.05, 0.1) is 5.56 Å². The van der Waals surface area contributed by atoms with Gasteiger partial charge in [0.2, 0.25) is 0 Å². The quantitative estimate of drug-likeness (QED) is 0.652. The Morgan fingerprint density at radius 3 is 2.41 bits per heavy atom. The lowest BCUT2D eigenvalue weighted by Gasteiger charge is -2.08. The highest BCUT2D eigenvalue weighted by Gasteiger charge is 2.16. The van der Waals surface area contributed by atoms with Gasteiger partial charge in [-0.2, -0.15) is 5.26 Å². The van der Waals surface area contributed by atoms with E-state index in [1.807, 2.05) is 30.3 Å². The fourth-order valence-corrected chi connectivity index (χ4v) is 1.93. The maximum atomic E-state index is 11.4.